The molecule has 1 fully saturated rings. The minimum absolute atomic E-state index is 0.279. The van der Waals surface area contributed by atoms with Crippen LogP contribution in [0.2, 0.25) is 0 Å². The summed E-state index contributed by atoms with van der Waals surface area (Å²) in [6.07, 6.45) is 5.07. The van der Waals surface area contributed by atoms with Crippen LogP contribution in [0.3, 0.4) is 0 Å². The van der Waals surface area contributed by atoms with Gasteiger partial charge in [0.2, 0.25) is 0 Å². The molecule has 1 atom stereocenters. The normalized spacial score (nSPS) is 18.5. The third-order valence-electron chi connectivity index (χ3n) is 3.07. The summed E-state index contributed by atoms with van der Waals surface area (Å²) in [4.78, 5) is 25.4. The number of carbonyl (C=O) groups is 2. The highest BCUT2D eigenvalue weighted by Crippen LogP contribution is 2.35. The number of nitrogens with zero attached hydrogens (tertiary/aromatic N) is 1. The maximum absolute atomic E-state index is 12.4. The van der Waals surface area contributed by atoms with Crippen molar-refractivity contribution < 1.29 is 19.1 Å². The van der Waals surface area contributed by atoms with Crippen molar-refractivity contribution in [3.63, 3.8) is 0 Å². The zero-order valence-corrected chi connectivity index (χ0v) is 13.1. The predicted octanol–water partition coefficient (Wildman–Crippen LogP) is 3.12. The van der Waals surface area contributed by atoms with Crippen LogP contribution in [0.1, 0.15) is 31.9 Å². The van der Waals surface area contributed by atoms with E-state index in [1.165, 1.54) is 11.2 Å². The Kier molecular flexibility index (Phi) is 5.19. The molecular weight excluding hydrogens is 310 g/mol. The van der Waals surface area contributed by atoms with E-state index in [4.69, 9.17) is 16.6 Å². The summed E-state index contributed by atoms with van der Waals surface area (Å²) in [5.74, 6) is -0.861. The molecule has 112 valence electrons. The van der Waals surface area contributed by atoms with E-state index in [9.17, 15) is 14.7 Å². The fourth-order valence-corrected chi connectivity index (χ4v) is 3.35. The molecule has 1 aliphatic rings. The van der Waals surface area contributed by atoms with Gasteiger partial charge in [0.15, 0.2) is 0 Å². The molecule has 2 rings (SSSR count). The van der Waals surface area contributed by atoms with Crippen molar-refractivity contribution in [2.75, 3.05) is 0 Å². The molecule has 0 spiro atoms. The van der Waals surface area contributed by atoms with Crippen LogP contribution in [0, 0.1) is 0 Å². The Morgan fingerprint density at radius 2 is 2.38 bits per heavy atom. The quantitative estimate of drug-likeness (QED) is 0.640. The topological polar surface area (TPSA) is 70.8 Å². The summed E-state index contributed by atoms with van der Waals surface area (Å²) in [7, 11) is 0. The van der Waals surface area contributed by atoms with E-state index in [-0.39, 0.29) is 10.2 Å². The number of unbranched alkanes of at least 4 members (excludes halogenated alkanes) is 1. The van der Waals surface area contributed by atoms with Crippen LogP contribution in [0.4, 0.5) is 0 Å². The molecular formula is C14H15NO4S2. The van der Waals surface area contributed by atoms with Crippen LogP contribution < -0.4 is 0 Å². The van der Waals surface area contributed by atoms with Gasteiger partial charge in [-0.05, 0) is 18.6 Å². The molecule has 7 heteroatoms. The minimum atomic E-state index is -1.03. The van der Waals surface area contributed by atoms with E-state index in [0.29, 0.717) is 17.1 Å². The third kappa shape index (κ3) is 3.54. The van der Waals surface area contributed by atoms with E-state index >= 15 is 0 Å². The first-order valence-electron chi connectivity index (χ1n) is 6.58. The molecule has 5 nitrogen and oxygen atoms in total. The maximum Gasteiger partial charge on any atom is 0.326 e. The molecule has 0 aliphatic carbocycles. The van der Waals surface area contributed by atoms with Gasteiger partial charge in [-0.15, -0.1) is 0 Å². The second kappa shape index (κ2) is 6.91. The van der Waals surface area contributed by atoms with Gasteiger partial charge in [0.25, 0.3) is 5.91 Å². The average Bonchev–Trinajstić information content (AvgIpc) is 3.02. The minimum Gasteiger partial charge on any atom is -0.480 e. The van der Waals surface area contributed by atoms with Crippen molar-refractivity contribution in [1.29, 1.82) is 0 Å². The highest BCUT2D eigenvalue weighted by molar-refractivity contribution is 8.26. The average molecular weight is 325 g/mol. The number of carboxylic acid groups (broad SMARTS) is 1. The number of thioether (sulfide) groups is 1. The number of hydrogen-bond acceptors (Lipinski definition) is 5. The Labute approximate surface area is 132 Å². The van der Waals surface area contributed by atoms with E-state index in [2.05, 4.69) is 0 Å². The molecule has 1 aliphatic heterocycles. The molecule has 0 aromatic carbocycles. The number of hydrogen-bond donors (Lipinski definition) is 1. The lowest BCUT2D eigenvalue weighted by molar-refractivity contribution is -0.145. The number of carbonyl (C=O) groups excluding carboxylic acids is 1. The molecule has 1 aromatic heterocycles. The second-order valence-corrected chi connectivity index (χ2v) is 6.24. The SMILES string of the molecule is CCCC[C@@H](C(=O)O)N1C(=O)C(=Cc2ccco2)SC1=S. The van der Waals surface area contributed by atoms with Crippen LogP contribution in [0.15, 0.2) is 27.7 Å². The zero-order valence-electron chi connectivity index (χ0n) is 11.4. The van der Waals surface area contributed by atoms with Crippen LogP contribution in [0.5, 0.6) is 0 Å². The molecule has 0 unspecified atom stereocenters. The van der Waals surface area contributed by atoms with Gasteiger partial charge < -0.3 is 9.52 Å². The smallest absolute Gasteiger partial charge is 0.326 e. The van der Waals surface area contributed by atoms with Crippen molar-refractivity contribution >= 4 is 46.3 Å². The highest BCUT2D eigenvalue weighted by atomic mass is 32.2. The van der Waals surface area contributed by atoms with E-state index in [1.54, 1.807) is 18.2 Å². The zero-order chi connectivity index (χ0) is 15.4. The summed E-state index contributed by atoms with van der Waals surface area (Å²) in [6, 6.07) is 2.53. The van der Waals surface area contributed by atoms with Crippen LogP contribution >= 0.6 is 24.0 Å². The number of thiocarbonyl (C=S) groups is 1. The molecule has 2 heterocycles. The van der Waals surface area contributed by atoms with Gasteiger partial charge in [-0.25, -0.2) is 4.79 Å². The van der Waals surface area contributed by atoms with Crippen LogP contribution in [0.25, 0.3) is 6.08 Å². The molecule has 1 N–H and O–H groups in total. The molecule has 1 saturated heterocycles. The lowest BCUT2D eigenvalue weighted by Gasteiger charge is -2.22. The third-order valence-corrected chi connectivity index (χ3v) is 4.40. The van der Waals surface area contributed by atoms with E-state index in [0.717, 1.165) is 24.6 Å². The summed E-state index contributed by atoms with van der Waals surface area (Å²) >= 11 is 6.27. The molecule has 21 heavy (non-hydrogen) atoms. The number of amides is 1. The van der Waals surface area contributed by atoms with Crippen molar-refractivity contribution in [3.8, 4) is 0 Å². The van der Waals surface area contributed by atoms with Gasteiger partial charge in [-0.1, -0.05) is 43.7 Å². The van der Waals surface area contributed by atoms with Gasteiger partial charge in [-0.3, -0.25) is 9.69 Å². The summed E-state index contributed by atoms with van der Waals surface area (Å²) < 4.78 is 5.45. The highest BCUT2D eigenvalue weighted by Gasteiger charge is 2.40. The first-order valence-corrected chi connectivity index (χ1v) is 7.80. The summed E-state index contributed by atoms with van der Waals surface area (Å²) in [6.45, 7) is 1.97. The fraction of sp³-hybridized carbons (Fsp3) is 0.357. The van der Waals surface area contributed by atoms with E-state index < -0.39 is 12.0 Å². The van der Waals surface area contributed by atoms with Crippen LogP contribution in [-0.4, -0.2) is 32.2 Å². The fourth-order valence-electron chi connectivity index (χ4n) is 2.01. The lowest BCUT2D eigenvalue weighted by Crippen LogP contribution is -2.43. The van der Waals surface area contributed by atoms with E-state index in [1.807, 2.05) is 6.92 Å². The Balaban J connectivity index is 2.22. The monoisotopic (exact) mass is 325 g/mol. The molecule has 1 aromatic rings. The van der Waals surface area contributed by atoms with Crippen molar-refractivity contribution in [1.82, 2.24) is 4.90 Å². The molecule has 1 amide bonds. The summed E-state index contributed by atoms with van der Waals surface area (Å²) in [5, 5.41) is 9.34. The van der Waals surface area contributed by atoms with Gasteiger partial charge >= 0.3 is 5.97 Å². The molecule has 0 radical (unpaired) electrons. The maximum atomic E-state index is 12.4. The Bertz CT molecular complexity index is 580. The van der Waals surface area contributed by atoms with Crippen molar-refractivity contribution in [2.45, 2.75) is 32.2 Å². The second-order valence-electron chi connectivity index (χ2n) is 4.56. The first kappa shape index (κ1) is 15.8. The standard InChI is InChI=1S/C14H15NO4S2/c1-2-3-6-10(13(17)18)15-12(16)11(21-14(15)20)8-9-5-4-7-19-9/h4-5,7-8,10H,2-3,6H2,1H3,(H,17,18)/t10-/m0/s1. The number of carboxylic acids is 1. The molecule has 0 bridgehead atoms. The number of aliphatic carboxylic acids is 1. The largest absolute Gasteiger partial charge is 0.480 e. The summed E-state index contributed by atoms with van der Waals surface area (Å²) in [5.41, 5.74) is 0. The van der Waals surface area contributed by atoms with Gasteiger partial charge in [0.05, 0.1) is 11.2 Å². The number of furan rings is 1. The predicted molar refractivity (Wildman–Crippen MR) is 84.7 cm³/mol. The van der Waals surface area contributed by atoms with Crippen molar-refractivity contribution in [3.05, 3.63) is 29.1 Å². The Morgan fingerprint density at radius 1 is 1.62 bits per heavy atom. The number of rotatable bonds is 6. The Morgan fingerprint density at radius 3 is 2.95 bits per heavy atom. The lowest BCUT2D eigenvalue weighted by atomic mass is 10.1. The van der Waals surface area contributed by atoms with Gasteiger partial charge in [-0.2, -0.15) is 0 Å². The van der Waals surface area contributed by atoms with Crippen LogP contribution in [-0.2, 0) is 9.59 Å². The van der Waals surface area contributed by atoms with Crippen molar-refractivity contribution in [2.24, 2.45) is 0 Å². The first-order chi connectivity index (χ1) is 10.0. The van der Waals surface area contributed by atoms with Gasteiger partial charge in [0, 0.05) is 6.08 Å². The Hall–Kier alpha value is -1.60. The van der Waals surface area contributed by atoms with Gasteiger partial charge in [0.1, 0.15) is 16.1 Å². The molecule has 0 saturated carbocycles.